The first-order chi connectivity index (χ1) is 15.3. The molecule has 1 aromatic heterocycles. The first kappa shape index (κ1) is 23.6. The van der Waals surface area contributed by atoms with Gasteiger partial charge in [0.05, 0.1) is 11.6 Å². The van der Waals surface area contributed by atoms with Gasteiger partial charge < -0.3 is 11.1 Å². The summed E-state index contributed by atoms with van der Waals surface area (Å²) in [7, 11) is -3.45. The molecule has 3 heterocycles. The third kappa shape index (κ3) is 4.72. The van der Waals surface area contributed by atoms with Crippen molar-refractivity contribution in [3.63, 3.8) is 0 Å². The van der Waals surface area contributed by atoms with E-state index in [-0.39, 0.29) is 5.91 Å². The number of hydrogen-bond donors (Lipinski definition) is 2. The van der Waals surface area contributed by atoms with Crippen LogP contribution >= 0.6 is 11.3 Å². The number of fused-ring (bicyclic) bond motifs is 1. The lowest BCUT2D eigenvalue weighted by Gasteiger charge is -2.38. The molecule has 11 heteroatoms. The van der Waals surface area contributed by atoms with Crippen LogP contribution in [-0.2, 0) is 27.8 Å². The van der Waals surface area contributed by atoms with Gasteiger partial charge in [0.25, 0.3) is 16.1 Å². The first-order valence-electron chi connectivity index (χ1n) is 11.5. The molecule has 0 spiro atoms. The topological polar surface area (TPSA) is 116 Å². The van der Waals surface area contributed by atoms with Gasteiger partial charge in [-0.3, -0.25) is 14.5 Å². The summed E-state index contributed by atoms with van der Waals surface area (Å²) in [5.41, 5.74) is 7.03. The van der Waals surface area contributed by atoms with Gasteiger partial charge in [-0.05, 0) is 44.6 Å². The molecule has 1 atom stereocenters. The normalized spacial score (nSPS) is 22.3. The van der Waals surface area contributed by atoms with Crippen molar-refractivity contribution in [2.24, 2.45) is 5.73 Å². The van der Waals surface area contributed by atoms with Crippen molar-refractivity contribution >= 4 is 38.4 Å². The SMILES string of the molecule is CC(C(=O)Nc1sc2c(c1C(N)=O)CCC2)N1CCN(S(=O)(=O)N2CCCCCC2)CC1. The predicted octanol–water partition coefficient (Wildman–Crippen LogP) is 1.40. The maximum Gasteiger partial charge on any atom is 0.282 e. The molecule has 3 aliphatic rings. The van der Waals surface area contributed by atoms with Crippen LogP contribution in [0.25, 0.3) is 0 Å². The number of piperazine rings is 1. The molecule has 2 saturated heterocycles. The van der Waals surface area contributed by atoms with Gasteiger partial charge >= 0.3 is 0 Å². The molecule has 178 valence electrons. The Kier molecular flexibility index (Phi) is 7.21. The van der Waals surface area contributed by atoms with E-state index in [1.54, 1.807) is 8.61 Å². The maximum atomic E-state index is 13.0. The van der Waals surface area contributed by atoms with E-state index in [2.05, 4.69) is 5.32 Å². The summed E-state index contributed by atoms with van der Waals surface area (Å²) < 4.78 is 29.2. The molecule has 4 rings (SSSR count). The molecule has 2 amide bonds. The lowest BCUT2D eigenvalue weighted by atomic mass is 10.1. The highest BCUT2D eigenvalue weighted by molar-refractivity contribution is 7.86. The van der Waals surface area contributed by atoms with Crippen molar-refractivity contribution in [1.82, 2.24) is 13.5 Å². The average Bonchev–Trinajstić information content (AvgIpc) is 3.22. The minimum Gasteiger partial charge on any atom is -0.365 e. The molecular formula is C21H33N5O4S2. The Morgan fingerprint density at radius 2 is 1.56 bits per heavy atom. The number of nitrogens with two attached hydrogens (primary N) is 1. The summed E-state index contributed by atoms with van der Waals surface area (Å²) in [4.78, 5) is 28.0. The van der Waals surface area contributed by atoms with E-state index in [1.807, 2.05) is 11.8 Å². The van der Waals surface area contributed by atoms with E-state index in [1.165, 1.54) is 11.3 Å². The summed E-state index contributed by atoms with van der Waals surface area (Å²) in [6.45, 7) is 4.73. The molecule has 9 nitrogen and oxygen atoms in total. The molecule has 0 bridgehead atoms. The number of aryl methyl sites for hydroxylation is 1. The van der Waals surface area contributed by atoms with Gasteiger partial charge in [0.1, 0.15) is 5.00 Å². The first-order valence-corrected chi connectivity index (χ1v) is 13.7. The second kappa shape index (κ2) is 9.76. The van der Waals surface area contributed by atoms with Crippen LogP contribution in [0.4, 0.5) is 5.00 Å². The van der Waals surface area contributed by atoms with E-state index in [0.717, 1.165) is 55.4 Å². The Labute approximate surface area is 194 Å². The van der Waals surface area contributed by atoms with Crippen molar-refractivity contribution in [2.45, 2.75) is 57.9 Å². The van der Waals surface area contributed by atoms with Crippen molar-refractivity contribution < 1.29 is 18.0 Å². The zero-order valence-electron chi connectivity index (χ0n) is 18.6. The number of thiophene rings is 1. The fourth-order valence-corrected chi connectivity index (χ4v) is 7.86. The summed E-state index contributed by atoms with van der Waals surface area (Å²) in [5.74, 6) is -0.698. The number of anilines is 1. The Morgan fingerprint density at radius 1 is 0.938 bits per heavy atom. The fourth-order valence-electron chi connectivity index (χ4n) is 4.89. The smallest absolute Gasteiger partial charge is 0.282 e. The monoisotopic (exact) mass is 483 g/mol. The molecular weight excluding hydrogens is 450 g/mol. The second-order valence-corrected chi connectivity index (χ2v) is 11.9. The molecule has 1 aliphatic carbocycles. The van der Waals surface area contributed by atoms with E-state index < -0.39 is 22.2 Å². The summed E-state index contributed by atoms with van der Waals surface area (Å²) in [6, 6.07) is -0.435. The summed E-state index contributed by atoms with van der Waals surface area (Å²) >= 11 is 1.45. The Bertz CT molecular complexity index is 961. The van der Waals surface area contributed by atoms with Crippen LogP contribution in [0.1, 0.15) is 59.8 Å². The van der Waals surface area contributed by atoms with Crippen LogP contribution in [0.5, 0.6) is 0 Å². The van der Waals surface area contributed by atoms with Crippen LogP contribution in [0.3, 0.4) is 0 Å². The van der Waals surface area contributed by atoms with Crippen LogP contribution in [-0.4, -0.2) is 79.1 Å². The number of carbonyl (C=O) groups excluding carboxylic acids is 2. The Morgan fingerprint density at radius 3 is 2.19 bits per heavy atom. The van der Waals surface area contributed by atoms with Crippen LogP contribution in [0.2, 0.25) is 0 Å². The number of primary amides is 1. The van der Waals surface area contributed by atoms with E-state index >= 15 is 0 Å². The van der Waals surface area contributed by atoms with Gasteiger partial charge in [-0.25, -0.2) is 0 Å². The molecule has 2 fully saturated rings. The van der Waals surface area contributed by atoms with E-state index in [4.69, 9.17) is 5.73 Å². The van der Waals surface area contributed by atoms with Gasteiger partial charge in [-0.1, -0.05) is 12.8 Å². The molecule has 0 radical (unpaired) electrons. The molecule has 0 aromatic carbocycles. The number of nitrogens with one attached hydrogen (secondary N) is 1. The lowest BCUT2D eigenvalue weighted by Crippen LogP contribution is -2.56. The third-order valence-corrected chi connectivity index (χ3v) is 10.1. The van der Waals surface area contributed by atoms with E-state index in [9.17, 15) is 18.0 Å². The van der Waals surface area contributed by atoms with Crippen molar-refractivity contribution in [2.75, 3.05) is 44.6 Å². The van der Waals surface area contributed by atoms with Crippen LogP contribution < -0.4 is 11.1 Å². The quantitative estimate of drug-likeness (QED) is 0.635. The van der Waals surface area contributed by atoms with Gasteiger partial charge in [-0.15, -0.1) is 11.3 Å². The van der Waals surface area contributed by atoms with Gasteiger partial charge in [0, 0.05) is 44.1 Å². The zero-order chi connectivity index (χ0) is 22.9. The lowest BCUT2D eigenvalue weighted by molar-refractivity contribution is -0.121. The number of rotatable bonds is 6. The molecule has 2 aliphatic heterocycles. The summed E-state index contributed by atoms with van der Waals surface area (Å²) in [6.07, 6.45) is 6.73. The molecule has 0 saturated carbocycles. The second-order valence-electron chi connectivity index (χ2n) is 8.85. The highest BCUT2D eigenvalue weighted by atomic mass is 32.2. The van der Waals surface area contributed by atoms with Gasteiger partial charge in [0.15, 0.2) is 0 Å². The number of carbonyl (C=O) groups is 2. The number of amides is 2. The van der Waals surface area contributed by atoms with Gasteiger partial charge in [-0.2, -0.15) is 17.0 Å². The number of nitrogens with zero attached hydrogens (tertiary/aromatic N) is 3. The zero-order valence-corrected chi connectivity index (χ0v) is 20.3. The standard InChI is InChI=1S/C21H33N5O4S2/c1-15(20(28)23-21-18(19(22)27)16-7-6-8-17(16)31-21)24-11-13-26(14-12-24)32(29,30)25-9-4-2-3-5-10-25/h15H,2-14H2,1H3,(H2,22,27)(H,23,28). The Hall–Kier alpha value is -1.53. The molecule has 1 unspecified atom stereocenters. The van der Waals surface area contributed by atoms with Crippen LogP contribution in [0.15, 0.2) is 0 Å². The van der Waals surface area contributed by atoms with E-state index in [0.29, 0.717) is 49.8 Å². The van der Waals surface area contributed by atoms with Crippen molar-refractivity contribution in [3.05, 3.63) is 16.0 Å². The van der Waals surface area contributed by atoms with Crippen molar-refractivity contribution in [3.8, 4) is 0 Å². The van der Waals surface area contributed by atoms with Gasteiger partial charge in [0.2, 0.25) is 5.91 Å². The Balaban J connectivity index is 1.36. The molecule has 32 heavy (non-hydrogen) atoms. The maximum absolute atomic E-state index is 13.0. The van der Waals surface area contributed by atoms with Crippen LogP contribution in [0, 0.1) is 0 Å². The minimum atomic E-state index is -3.45. The highest BCUT2D eigenvalue weighted by Crippen LogP contribution is 2.39. The third-order valence-electron chi connectivity index (χ3n) is 6.82. The van der Waals surface area contributed by atoms with Crippen molar-refractivity contribution in [1.29, 1.82) is 0 Å². The average molecular weight is 484 g/mol. The fraction of sp³-hybridized carbons (Fsp3) is 0.714. The number of hydrogen-bond acceptors (Lipinski definition) is 6. The highest BCUT2D eigenvalue weighted by Gasteiger charge is 2.35. The summed E-state index contributed by atoms with van der Waals surface area (Å²) in [5, 5.41) is 3.46. The largest absolute Gasteiger partial charge is 0.365 e. The minimum absolute atomic E-state index is 0.198. The molecule has 3 N–H and O–H groups in total. The molecule has 1 aromatic rings. The predicted molar refractivity (Wildman–Crippen MR) is 125 cm³/mol.